The molecule has 21 heavy (non-hydrogen) atoms. The van der Waals surface area contributed by atoms with Gasteiger partial charge in [-0.25, -0.2) is 4.98 Å². The van der Waals surface area contributed by atoms with E-state index >= 15 is 0 Å². The van der Waals surface area contributed by atoms with E-state index in [-0.39, 0.29) is 0 Å². The molecule has 1 atom stereocenters. The Kier molecular flexibility index (Phi) is 3.74. The number of aromatic nitrogens is 6. The van der Waals surface area contributed by atoms with E-state index in [0.717, 1.165) is 18.1 Å². The van der Waals surface area contributed by atoms with Crippen molar-refractivity contribution in [3.63, 3.8) is 0 Å². The van der Waals surface area contributed by atoms with E-state index in [0.29, 0.717) is 12.1 Å². The molecule has 1 aromatic carbocycles. The first-order valence-electron chi connectivity index (χ1n) is 6.80. The van der Waals surface area contributed by atoms with Crippen LogP contribution in [0, 0.1) is 0 Å². The van der Waals surface area contributed by atoms with Crippen molar-refractivity contribution in [1.82, 2.24) is 29.8 Å². The predicted molar refractivity (Wildman–Crippen MR) is 75.7 cm³/mol. The summed E-state index contributed by atoms with van der Waals surface area (Å²) in [4.78, 5) is 5.66. The molecule has 0 saturated heterocycles. The van der Waals surface area contributed by atoms with Gasteiger partial charge in [-0.1, -0.05) is 18.2 Å². The van der Waals surface area contributed by atoms with Crippen LogP contribution >= 0.6 is 0 Å². The Bertz CT molecular complexity index is 705. The van der Waals surface area contributed by atoms with Gasteiger partial charge in [-0.15, -0.1) is 0 Å². The summed E-state index contributed by atoms with van der Waals surface area (Å²) in [5.41, 5.74) is 1.37. The van der Waals surface area contributed by atoms with E-state index in [9.17, 15) is 5.11 Å². The first-order chi connectivity index (χ1) is 10.3. The second-order valence-corrected chi connectivity index (χ2v) is 4.61. The quantitative estimate of drug-likeness (QED) is 0.760. The van der Waals surface area contributed by atoms with Gasteiger partial charge in [0.2, 0.25) is 0 Å². The maximum absolute atomic E-state index is 10.3. The fourth-order valence-corrected chi connectivity index (χ4v) is 2.10. The molecule has 1 N–H and O–H groups in total. The monoisotopic (exact) mass is 284 g/mol. The average molecular weight is 284 g/mol. The summed E-state index contributed by atoms with van der Waals surface area (Å²) >= 11 is 0. The molecule has 1 unspecified atom stereocenters. The molecule has 7 nitrogen and oxygen atoms in total. The summed E-state index contributed by atoms with van der Waals surface area (Å²) in [6.45, 7) is 2.70. The Hall–Kier alpha value is -2.54. The van der Waals surface area contributed by atoms with E-state index in [4.69, 9.17) is 0 Å². The second kappa shape index (κ2) is 5.84. The van der Waals surface area contributed by atoms with Crippen LogP contribution in [0.3, 0.4) is 0 Å². The smallest absolute Gasteiger partial charge is 0.138 e. The van der Waals surface area contributed by atoms with Crippen molar-refractivity contribution in [3.05, 3.63) is 54.4 Å². The van der Waals surface area contributed by atoms with Gasteiger partial charge in [-0.3, -0.25) is 4.68 Å². The van der Waals surface area contributed by atoms with Crippen molar-refractivity contribution < 1.29 is 5.11 Å². The van der Waals surface area contributed by atoms with Crippen LogP contribution in [0.25, 0.3) is 5.69 Å². The van der Waals surface area contributed by atoms with Gasteiger partial charge in [0.05, 0.1) is 11.9 Å². The number of hydrogen-bond acceptors (Lipinski definition) is 5. The van der Waals surface area contributed by atoms with Gasteiger partial charge in [-0.05, 0) is 19.1 Å². The zero-order chi connectivity index (χ0) is 14.7. The Morgan fingerprint density at radius 1 is 1.19 bits per heavy atom. The summed E-state index contributed by atoms with van der Waals surface area (Å²) in [6, 6.07) is 9.57. The lowest BCUT2D eigenvalue weighted by Gasteiger charge is -2.07. The molecule has 0 amide bonds. The zero-order valence-electron chi connectivity index (χ0n) is 11.7. The molecule has 108 valence electrons. The second-order valence-electron chi connectivity index (χ2n) is 4.61. The first-order valence-corrected chi connectivity index (χ1v) is 6.80. The number of aryl methyl sites for hydroxylation is 1. The maximum Gasteiger partial charge on any atom is 0.138 e. The third kappa shape index (κ3) is 2.82. The lowest BCUT2D eigenvalue weighted by Crippen LogP contribution is -2.10. The fourth-order valence-electron chi connectivity index (χ4n) is 2.10. The van der Waals surface area contributed by atoms with Crippen LogP contribution in [-0.2, 0) is 13.0 Å². The highest BCUT2D eigenvalue weighted by Gasteiger charge is 2.16. The molecule has 0 radical (unpaired) electrons. The molecule has 0 aliphatic rings. The number of aliphatic hydroxyl groups is 1. The number of nitrogens with zero attached hydrogens (tertiary/aromatic N) is 6. The molecule has 0 bridgehead atoms. The maximum atomic E-state index is 10.3. The van der Waals surface area contributed by atoms with E-state index in [2.05, 4.69) is 20.3 Å². The van der Waals surface area contributed by atoms with Crippen LogP contribution in [0.4, 0.5) is 0 Å². The largest absolute Gasteiger partial charge is 0.386 e. The SMILES string of the molecule is CCn1ncnc1CC(O)c1cnn(-c2ccccc2)n1. The van der Waals surface area contributed by atoms with Crippen molar-refractivity contribution in [1.29, 1.82) is 0 Å². The third-order valence-corrected chi connectivity index (χ3v) is 3.21. The van der Waals surface area contributed by atoms with E-state index in [1.54, 1.807) is 10.9 Å². The molecule has 0 saturated carbocycles. The highest BCUT2D eigenvalue weighted by Crippen LogP contribution is 2.15. The Morgan fingerprint density at radius 2 is 2.00 bits per heavy atom. The summed E-state index contributed by atoms with van der Waals surface area (Å²) in [6.07, 6.45) is 2.68. The number of aliphatic hydroxyl groups excluding tert-OH is 1. The van der Waals surface area contributed by atoms with Crippen LogP contribution in [0.15, 0.2) is 42.9 Å². The van der Waals surface area contributed by atoms with E-state index in [1.807, 2.05) is 37.3 Å². The molecule has 2 aromatic heterocycles. The summed E-state index contributed by atoms with van der Waals surface area (Å²) in [5, 5.41) is 22.9. The Balaban J connectivity index is 1.77. The third-order valence-electron chi connectivity index (χ3n) is 3.21. The molecule has 0 spiro atoms. The van der Waals surface area contributed by atoms with Crippen molar-refractivity contribution in [2.45, 2.75) is 26.0 Å². The van der Waals surface area contributed by atoms with Crippen molar-refractivity contribution >= 4 is 0 Å². The minimum atomic E-state index is -0.753. The molecule has 0 fully saturated rings. The average Bonchev–Trinajstić information content (AvgIpc) is 3.17. The van der Waals surface area contributed by atoms with Gasteiger partial charge in [-0.2, -0.15) is 20.1 Å². The van der Waals surface area contributed by atoms with E-state index < -0.39 is 6.10 Å². The fraction of sp³-hybridized carbons (Fsp3) is 0.286. The van der Waals surface area contributed by atoms with Crippen LogP contribution in [0.1, 0.15) is 24.5 Å². The molecule has 0 aliphatic carbocycles. The number of para-hydroxylation sites is 1. The predicted octanol–water partition coefficient (Wildman–Crippen LogP) is 1.15. The van der Waals surface area contributed by atoms with Crippen molar-refractivity contribution in [2.24, 2.45) is 0 Å². The Morgan fingerprint density at radius 3 is 2.76 bits per heavy atom. The van der Waals surface area contributed by atoms with Crippen LogP contribution in [-0.4, -0.2) is 34.9 Å². The minimum absolute atomic E-state index is 0.362. The molecule has 0 aliphatic heterocycles. The van der Waals surface area contributed by atoms with Crippen LogP contribution in [0.2, 0.25) is 0 Å². The lowest BCUT2D eigenvalue weighted by molar-refractivity contribution is 0.168. The molecule has 2 heterocycles. The Labute approximate surface area is 121 Å². The summed E-state index contributed by atoms with van der Waals surface area (Å²) in [7, 11) is 0. The van der Waals surface area contributed by atoms with E-state index in [1.165, 1.54) is 11.1 Å². The highest BCUT2D eigenvalue weighted by atomic mass is 16.3. The molecule has 3 rings (SSSR count). The van der Waals surface area contributed by atoms with Gasteiger partial charge in [0, 0.05) is 13.0 Å². The topological polar surface area (TPSA) is 81.6 Å². The lowest BCUT2D eigenvalue weighted by atomic mass is 10.2. The van der Waals surface area contributed by atoms with Crippen LogP contribution < -0.4 is 0 Å². The van der Waals surface area contributed by atoms with Gasteiger partial charge >= 0.3 is 0 Å². The summed E-state index contributed by atoms with van der Waals surface area (Å²) in [5.74, 6) is 0.735. The number of rotatable bonds is 5. The van der Waals surface area contributed by atoms with Crippen molar-refractivity contribution in [3.8, 4) is 5.69 Å². The zero-order valence-corrected chi connectivity index (χ0v) is 11.7. The van der Waals surface area contributed by atoms with Crippen molar-refractivity contribution in [2.75, 3.05) is 0 Å². The minimum Gasteiger partial charge on any atom is -0.386 e. The first kappa shape index (κ1) is 13.4. The van der Waals surface area contributed by atoms with Gasteiger partial charge in [0.15, 0.2) is 0 Å². The molecule has 3 aromatic rings. The normalized spacial score (nSPS) is 12.5. The van der Waals surface area contributed by atoms with Gasteiger partial charge in [0.25, 0.3) is 0 Å². The standard InChI is InChI=1S/C14H16N6O/c1-2-19-14(15-10-17-19)8-13(21)12-9-16-20(18-12)11-6-4-3-5-7-11/h3-7,9-10,13,21H,2,8H2,1H3. The van der Waals surface area contributed by atoms with Crippen LogP contribution in [0.5, 0.6) is 0 Å². The molecular formula is C14H16N6O. The molecular weight excluding hydrogens is 268 g/mol. The number of benzene rings is 1. The molecule has 7 heteroatoms. The van der Waals surface area contributed by atoms with Gasteiger partial charge in [0.1, 0.15) is 23.9 Å². The van der Waals surface area contributed by atoms with Gasteiger partial charge < -0.3 is 5.11 Å². The highest BCUT2D eigenvalue weighted by molar-refractivity contribution is 5.28. The number of hydrogen-bond donors (Lipinski definition) is 1. The summed E-state index contributed by atoms with van der Waals surface area (Å²) < 4.78 is 1.75.